The van der Waals surface area contributed by atoms with Crippen molar-refractivity contribution in [3.8, 4) is 0 Å². The molecule has 0 saturated carbocycles. The van der Waals surface area contributed by atoms with Crippen molar-refractivity contribution in [2.75, 3.05) is 39.4 Å². The van der Waals surface area contributed by atoms with Crippen LogP contribution < -0.4 is 5.32 Å². The van der Waals surface area contributed by atoms with Crippen LogP contribution in [0.25, 0.3) is 0 Å². The third-order valence-electron chi connectivity index (χ3n) is 4.31. The van der Waals surface area contributed by atoms with Gasteiger partial charge in [-0.2, -0.15) is 0 Å². The van der Waals surface area contributed by atoms with Gasteiger partial charge in [-0.15, -0.1) is 0 Å². The van der Waals surface area contributed by atoms with E-state index in [2.05, 4.69) is 31.0 Å². The Morgan fingerprint density at radius 2 is 1.75 bits per heavy atom. The van der Waals surface area contributed by atoms with Crippen molar-refractivity contribution >= 4 is 5.91 Å². The van der Waals surface area contributed by atoms with Gasteiger partial charge in [0.1, 0.15) is 0 Å². The van der Waals surface area contributed by atoms with E-state index in [0.717, 1.165) is 13.1 Å². The second-order valence-corrected chi connectivity index (χ2v) is 7.90. The minimum absolute atomic E-state index is 0.0663. The molecule has 1 aromatic carbocycles. The summed E-state index contributed by atoms with van der Waals surface area (Å²) in [7, 11) is 0. The zero-order chi connectivity index (χ0) is 17.8. The van der Waals surface area contributed by atoms with E-state index in [-0.39, 0.29) is 17.9 Å². The third-order valence-corrected chi connectivity index (χ3v) is 4.31. The maximum absolute atomic E-state index is 12.3. The molecule has 2 N–H and O–H groups in total. The van der Waals surface area contributed by atoms with Crippen LogP contribution in [0, 0.1) is 0 Å². The van der Waals surface area contributed by atoms with E-state index in [9.17, 15) is 9.90 Å². The predicted molar refractivity (Wildman–Crippen MR) is 95.4 cm³/mol. The molecule has 1 unspecified atom stereocenters. The molecule has 1 aromatic rings. The Balaban J connectivity index is 1.87. The number of amides is 1. The minimum Gasteiger partial charge on any atom is -0.387 e. The first-order valence-electron chi connectivity index (χ1n) is 8.59. The van der Waals surface area contributed by atoms with Crippen LogP contribution in [-0.4, -0.2) is 60.9 Å². The number of rotatable bonds is 5. The monoisotopic (exact) mass is 334 g/mol. The first-order chi connectivity index (χ1) is 11.2. The van der Waals surface area contributed by atoms with Crippen LogP contribution in [0.5, 0.6) is 0 Å². The number of β-amino-alcohol motifs (C(OH)–C–C–N with tert-alkyl or cyclic N) is 1. The van der Waals surface area contributed by atoms with Gasteiger partial charge in [-0.25, -0.2) is 0 Å². The van der Waals surface area contributed by atoms with Crippen molar-refractivity contribution in [1.29, 1.82) is 0 Å². The average Bonchev–Trinajstić information content (AvgIpc) is 2.52. The van der Waals surface area contributed by atoms with E-state index in [1.54, 1.807) is 6.92 Å². The standard InChI is InChI=1S/C19H30N2O3/c1-18(2,3)16-7-5-15(6-8-16)17(22)20-13-19(4,23)14-21-9-11-24-12-10-21/h5-8,23H,9-14H2,1-4H3,(H,20,22). The summed E-state index contributed by atoms with van der Waals surface area (Å²) in [5.74, 6) is -0.155. The van der Waals surface area contributed by atoms with Crippen LogP contribution in [0.2, 0.25) is 0 Å². The number of nitrogens with zero attached hydrogens (tertiary/aromatic N) is 1. The normalized spacial score (nSPS) is 18.9. The molecule has 5 heteroatoms. The van der Waals surface area contributed by atoms with Crippen molar-refractivity contribution in [2.24, 2.45) is 0 Å². The van der Waals surface area contributed by atoms with E-state index >= 15 is 0 Å². The van der Waals surface area contributed by atoms with Crippen LogP contribution in [0.15, 0.2) is 24.3 Å². The first kappa shape index (κ1) is 18.9. The predicted octanol–water partition coefficient (Wildman–Crippen LogP) is 1.80. The van der Waals surface area contributed by atoms with E-state index in [1.165, 1.54) is 5.56 Å². The van der Waals surface area contributed by atoms with Crippen LogP contribution >= 0.6 is 0 Å². The fraction of sp³-hybridized carbons (Fsp3) is 0.632. The fourth-order valence-electron chi connectivity index (χ4n) is 2.79. The van der Waals surface area contributed by atoms with Gasteiger partial charge in [0.2, 0.25) is 0 Å². The topological polar surface area (TPSA) is 61.8 Å². The van der Waals surface area contributed by atoms with Crippen LogP contribution in [0.4, 0.5) is 0 Å². The Labute approximate surface area is 145 Å². The molecule has 0 bridgehead atoms. The lowest BCUT2D eigenvalue weighted by Gasteiger charge is -2.33. The van der Waals surface area contributed by atoms with Gasteiger partial charge in [0, 0.05) is 31.7 Å². The Bertz CT molecular complexity index is 541. The number of ether oxygens (including phenoxy) is 1. The van der Waals surface area contributed by atoms with Crippen LogP contribution in [0.1, 0.15) is 43.6 Å². The van der Waals surface area contributed by atoms with Gasteiger partial charge >= 0.3 is 0 Å². The number of carbonyl (C=O) groups is 1. The van der Waals surface area contributed by atoms with Gasteiger partial charge in [0.05, 0.1) is 18.8 Å². The fourth-order valence-corrected chi connectivity index (χ4v) is 2.79. The maximum atomic E-state index is 12.3. The third kappa shape index (κ3) is 5.58. The molecule has 134 valence electrons. The second kappa shape index (κ2) is 7.64. The van der Waals surface area contributed by atoms with E-state index in [1.807, 2.05) is 24.3 Å². The van der Waals surface area contributed by atoms with Crippen molar-refractivity contribution in [1.82, 2.24) is 10.2 Å². The number of aliphatic hydroxyl groups is 1. The molecular weight excluding hydrogens is 304 g/mol. The Hall–Kier alpha value is -1.43. The molecule has 1 heterocycles. The van der Waals surface area contributed by atoms with Gasteiger partial charge in [-0.1, -0.05) is 32.9 Å². The highest BCUT2D eigenvalue weighted by Crippen LogP contribution is 2.22. The van der Waals surface area contributed by atoms with Crippen molar-refractivity contribution in [2.45, 2.75) is 38.7 Å². The first-order valence-corrected chi connectivity index (χ1v) is 8.59. The molecule has 1 aliphatic heterocycles. The lowest BCUT2D eigenvalue weighted by Crippen LogP contribution is -2.51. The highest BCUT2D eigenvalue weighted by atomic mass is 16.5. The van der Waals surface area contributed by atoms with Crippen molar-refractivity contribution < 1.29 is 14.6 Å². The summed E-state index contributed by atoms with van der Waals surface area (Å²) in [6.07, 6.45) is 0. The molecule has 1 atom stereocenters. The number of benzene rings is 1. The van der Waals surface area contributed by atoms with Gasteiger partial charge in [0.25, 0.3) is 5.91 Å². The molecule has 1 saturated heterocycles. The number of hydrogen-bond donors (Lipinski definition) is 2. The van der Waals surface area contributed by atoms with Crippen molar-refractivity contribution in [3.63, 3.8) is 0 Å². The number of morpholine rings is 1. The zero-order valence-corrected chi connectivity index (χ0v) is 15.3. The molecule has 0 aromatic heterocycles. The molecule has 1 fully saturated rings. The second-order valence-electron chi connectivity index (χ2n) is 7.90. The van der Waals surface area contributed by atoms with E-state index < -0.39 is 5.60 Å². The van der Waals surface area contributed by atoms with Crippen molar-refractivity contribution in [3.05, 3.63) is 35.4 Å². The van der Waals surface area contributed by atoms with Gasteiger partial charge in [0.15, 0.2) is 0 Å². The number of carbonyl (C=O) groups excluding carboxylic acids is 1. The lowest BCUT2D eigenvalue weighted by atomic mass is 9.86. The molecule has 1 amide bonds. The summed E-state index contributed by atoms with van der Waals surface area (Å²) >= 11 is 0. The molecule has 24 heavy (non-hydrogen) atoms. The molecule has 0 aliphatic carbocycles. The molecule has 5 nitrogen and oxygen atoms in total. The quantitative estimate of drug-likeness (QED) is 0.862. The largest absolute Gasteiger partial charge is 0.387 e. The number of nitrogens with one attached hydrogen (secondary N) is 1. The summed E-state index contributed by atoms with van der Waals surface area (Å²) in [6.45, 7) is 12.0. The van der Waals surface area contributed by atoms with Gasteiger partial charge in [-0.3, -0.25) is 9.69 Å². The Morgan fingerprint density at radius 1 is 1.17 bits per heavy atom. The summed E-state index contributed by atoms with van der Waals surface area (Å²) < 4.78 is 5.31. The zero-order valence-electron chi connectivity index (χ0n) is 15.3. The highest BCUT2D eigenvalue weighted by Gasteiger charge is 2.26. The molecule has 2 rings (SSSR count). The summed E-state index contributed by atoms with van der Waals surface area (Å²) in [5, 5.41) is 13.4. The van der Waals surface area contributed by atoms with E-state index in [4.69, 9.17) is 4.74 Å². The number of hydrogen-bond acceptors (Lipinski definition) is 4. The van der Waals surface area contributed by atoms with Gasteiger partial charge in [-0.05, 0) is 30.0 Å². The average molecular weight is 334 g/mol. The maximum Gasteiger partial charge on any atom is 0.251 e. The summed E-state index contributed by atoms with van der Waals surface area (Å²) in [4.78, 5) is 14.4. The minimum atomic E-state index is -0.960. The lowest BCUT2D eigenvalue weighted by molar-refractivity contribution is -0.0213. The molecule has 0 radical (unpaired) electrons. The Kier molecular flexibility index (Phi) is 6.01. The summed E-state index contributed by atoms with van der Waals surface area (Å²) in [6, 6.07) is 7.65. The molecular formula is C19H30N2O3. The van der Waals surface area contributed by atoms with E-state index in [0.29, 0.717) is 25.3 Å². The summed E-state index contributed by atoms with van der Waals surface area (Å²) in [5.41, 5.74) is 0.915. The van der Waals surface area contributed by atoms with Crippen LogP contribution in [0.3, 0.4) is 0 Å². The smallest absolute Gasteiger partial charge is 0.251 e. The molecule has 0 spiro atoms. The molecule has 1 aliphatic rings. The Morgan fingerprint density at radius 3 is 2.29 bits per heavy atom. The SMILES string of the molecule is CC(O)(CNC(=O)c1ccc(C(C)(C)C)cc1)CN1CCOCC1. The highest BCUT2D eigenvalue weighted by molar-refractivity contribution is 5.94. The van der Waals surface area contributed by atoms with Crippen LogP contribution in [-0.2, 0) is 10.2 Å². The van der Waals surface area contributed by atoms with Gasteiger partial charge < -0.3 is 15.2 Å².